The van der Waals surface area contributed by atoms with Crippen LogP contribution in [0.4, 0.5) is 13.2 Å². The van der Waals surface area contributed by atoms with Crippen molar-refractivity contribution in [2.75, 3.05) is 39.8 Å². The first kappa shape index (κ1) is 15.7. The number of nitrogens with zero attached hydrogens (tertiary/aromatic N) is 1. The molecule has 16 heavy (non-hydrogen) atoms. The zero-order valence-electron chi connectivity index (χ0n) is 10.2. The van der Waals surface area contributed by atoms with Crippen molar-refractivity contribution in [3.8, 4) is 0 Å². The predicted octanol–water partition coefficient (Wildman–Crippen LogP) is 1.07. The Balaban J connectivity index is 3.90. The first-order valence-corrected chi connectivity index (χ1v) is 5.52. The lowest BCUT2D eigenvalue weighted by Crippen LogP contribution is -2.42. The van der Waals surface area contributed by atoms with E-state index in [0.29, 0.717) is 32.2 Å². The number of nitrogens with one attached hydrogen (secondary N) is 2. The maximum atomic E-state index is 12.2. The van der Waals surface area contributed by atoms with Gasteiger partial charge in [0.05, 0.1) is 6.54 Å². The zero-order chi connectivity index (χ0) is 12.6. The van der Waals surface area contributed by atoms with Crippen molar-refractivity contribution in [2.45, 2.75) is 26.1 Å². The molecule has 0 amide bonds. The Morgan fingerprint density at radius 2 is 1.69 bits per heavy atom. The van der Waals surface area contributed by atoms with Crippen LogP contribution >= 0.6 is 0 Å². The van der Waals surface area contributed by atoms with Crippen molar-refractivity contribution in [2.24, 2.45) is 0 Å². The lowest BCUT2D eigenvalue weighted by atomic mass is 10.3. The Bertz CT molecular complexity index is 171. The molecule has 0 aromatic heterocycles. The lowest BCUT2D eigenvalue weighted by molar-refractivity contribution is -0.145. The standard InChI is InChI=1S/C10H22F3N3/c1-9(2)15-5-7-16(6-4-14-3)8-10(11,12)13/h9,14-15H,4-8H2,1-3H3. The van der Waals surface area contributed by atoms with Gasteiger partial charge in [-0.05, 0) is 7.05 Å². The number of likely N-dealkylation sites (N-methyl/N-ethyl adjacent to an activating group) is 1. The highest BCUT2D eigenvalue weighted by molar-refractivity contribution is 4.66. The van der Waals surface area contributed by atoms with Crippen molar-refractivity contribution >= 4 is 0 Å². The summed E-state index contributed by atoms with van der Waals surface area (Å²) < 4.78 is 36.7. The Hall–Kier alpha value is -0.330. The van der Waals surface area contributed by atoms with Crippen LogP contribution < -0.4 is 10.6 Å². The predicted molar refractivity (Wildman–Crippen MR) is 59.6 cm³/mol. The molecule has 2 N–H and O–H groups in total. The smallest absolute Gasteiger partial charge is 0.318 e. The SMILES string of the molecule is CNCCN(CCNC(C)C)CC(F)(F)F. The second kappa shape index (κ2) is 7.86. The van der Waals surface area contributed by atoms with Crippen molar-refractivity contribution in [3.63, 3.8) is 0 Å². The van der Waals surface area contributed by atoms with Crippen LogP contribution in [0.3, 0.4) is 0 Å². The molecule has 0 saturated carbocycles. The second-order valence-electron chi connectivity index (χ2n) is 4.10. The van der Waals surface area contributed by atoms with Crippen LogP contribution in [0.5, 0.6) is 0 Å². The molecule has 0 aliphatic heterocycles. The molecule has 0 aliphatic carbocycles. The van der Waals surface area contributed by atoms with Crippen LogP contribution in [-0.4, -0.2) is 56.9 Å². The summed E-state index contributed by atoms with van der Waals surface area (Å²) in [6, 6.07) is 0.303. The molecule has 0 aliphatic rings. The molecule has 0 spiro atoms. The number of alkyl halides is 3. The van der Waals surface area contributed by atoms with E-state index >= 15 is 0 Å². The van der Waals surface area contributed by atoms with Gasteiger partial charge in [-0.15, -0.1) is 0 Å². The van der Waals surface area contributed by atoms with Gasteiger partial charge in [-0.25, -0.2) is 0 Å². The number of rotatable bonds is 8. The molecule has 0 bridgehead atoms. The summed E-state index contributed by atoms with van der Waals surface area (Å²) in [5.41, 5.74) is 0. The first-order valence-electron chi connectivity index (χ1n) is 5.52. The van der Waals surface area contributed by atoms with E-state index in [2.05, 4.69) is 10.6 Å². The van der Waals surface area contributed by atoms with Gasteiger partial charge in [0, 0.05) is 32.2 Å². The fourth-order valence-electron chi connectivity index (χ4n) is 1.30. The van der Waals surface area contributed by atoms with Crippen LogP contribution in [0.2, 0.25) is 0 Å². The number of halogens is 3. The molecule has 0 radical (unpaired) electrons. The third-order valence-corrected chi connectivity index (χ3v) is 2.06. The summed E-state index contributed by atoms with van der Waals surface area (Å²) in [6.45, 7) is 5.09. The Morgan fingerprint density at radius 1 is 1.12 bits per heavy atom. The molecule has 0 fully saturated rings. The zero-order valence-corrected chi connectivity index (χ0v) is 10.2. The Kier molecular flexibility index (Phi) is 7.70. The third-order valence-electron chi connectivity index (χ3n) is 2.06. The molecule has 0 saturated heterocycles. The van der Waals surface area contributed by atoms with Gasteiger partial charge in [0.15, 0.2) is 0 Å². The first-order chi connectivity index (χ1) is 7.35. The van der Waals surface area contributed by atoms with Gasteiger partial charge >= 0.3 is 6.18 Å². The van der Waals surface area contributed by atoms with E-state index in [1.165, 1.54) is 4.90 Å². The van der Waals surface area contributed by atoms with Gasteiger partial charge in [0.1, 0.15) is 0 Å². The summed E-state index contributed by atoms with van der Waals surface area (Å²) in [5.74, 6) is 0. The summed E-state index contributed by atoms with van der Waals surface area (Å²) in [5, 5.41) is 5.96. The molecular formula is C10H22F3N3. The van der Waals surface area contributed by atoms with E-state index < -0.39 is 12.7 Å². The maximum absolute atomic E-state index is 12.2. The van der Waals surface area contributed by atoms with Crippen molar-refractivity contribution in [3.05, 3.63) is 0 Å². The Labute approximate surface area is 95.4 Å². The summed E-state index contributed by atoms with van der Waals surface area (Å²) in [6.07, 6.45) is -4.12. The number of hydrogen-bond acceptors (Lipinski definition) is 3. The molecular weight excluding hydrogens is 219 g/mol. The summed E-state index contributed by atoms with van der Waals surface area (Å²) in [4.78, 5) is 1.41. The molecule has 3 nitrogen and oxygen atoms in total. The van der Waals surface area contributed by atoms with Crippen molar-refractivity contribution < 1.29 is 13.2 Å². The largest absolute Gasteiger partial charge is 0.401 e. The highest BCUT2D eigenvalue weighted by Crippen LogP contribution is 2.15. The highest BCUT2D eigenvalue weighted by atomic mass is 19.4. The Morgan fingerprint density at radius 3 is 2.12 bits per heavy atom. The van der Waals surface area contributed by atoms with Crippen LogP contribution in [-0.2, 0) is 0 Å². The topological polar surface area (TPSA) is 27.3 Å². The van der Waals surface area contributed by atoms with Crippen LogP contribution in [0.1, 0.15) is 13.8 Å². The van der Waals surface area contributed by atoms with E-state index in [-0.39, 0.29) is 0 Å². The molecule has 0 aromatic carbocycles. The van der Waals surface area contributed by atoms with Gasteiger partial charge in [-0.3, -0.25) is 4.90 Å². The van der Waals surface area contributed by atoms with E-state index in [1.807, 2.05) is 13.8 Å². The minimum absolute atomic E-state index is 0.303. The van der Waals surface area contributed by atoms with Gasteiger partial charge in [-0.2, -0.15) is 13.2 Å². The summed E-state index contributed by atoms with van der Waals surface area (Å²) in [7, 11) is 1.73. The highest BCUT2D eigenvalue weighted by Gasteiger charge is 2.30. The van der Waals surface area contributed by atoms with Crippen LogP contribution in [0.25, 0.3) is 0 Å². The van der Waals surface area contributed by atoms with Gasteiger partial charge < -0.3 is 10.6 Å². The monoisotopic (exact) mass is 241 g/mol. The fraction of sp³-hybridized carbons (Fsp3) is 1.00. The molecule has 0 heterocycles. The fourth-order valence-corrected chi connectivity index (χ4v) is 1.30. The van der Waals surface area contributed by atoms with Gasteiger partial charge in [-0.1, -0.05) is 13.8 Å². The molecule has 0 unspecified atom stereocenters. The third kappa shape index (κ3) is 10.2. The lowest BCUT2D eigenvalue weighted by Gasteiger charge is -2.24. The van der Waals surface area contributed by atoms with E-state index in [4.69, 9.17) is 0 Å². The van der Waals surface area contributed by atoms with Crippen molar-refractivity contribution in [1.82, 2.24) is 15.5 Å². The van der Waals surface area contributed by atoms with E-state index in [0.717, 1.165) is 0 Å². The van der Waals surface area contributed by atoms with E-state index in [1.54, 1.807) is 7.05 Å². The maximum Gasteiger partial charge on any atom is 0.401 e. The quantitative estimate of drug-likeness (QED) is 0.665. The second-order valence-corrected chi connectivity index (χ2v) is 4.10. The number of hydrogen-bond donors (Lipinski definition) is 2. The van der Waals surface area contributed by atoms with Crippen LogP contribution in [0.15, 0.2) is 0 Å². The minimum Gasteiger partial charge on any atom is -0.318 e. The summed E-state index contributed by atoms with van der Waals surface area (Å²) >= 11 is 0. The molecule has 0 atom stereocenters. The van der Waals surface area contributed by atoms with Gasteiger partial charge in [0.2, 0.25) is 0 Å². The molecule has 0 aromatic rings. The van der Waals surface area contributed by atoms with Crippen LogP contribution in [0, 0.1) is 0 Å². The van der Waals surface area contributed by atoms with Crippen molar-refractivity contribution in [1.29, 1.82) is 0 Å². The van der Waals surface area contributed by atoms with Gasteiger partial charge in [0.25, 0.3) is 0 Å². The minimum atomic E-state index is -4.12. The molecule has 0 rings (SSSR count). The average Bonchev–Trinajstić information content (AvgIpc) is 2.11. The normalized spacial score (nSPS) is 12.8. The molecule has 98 valence electrons. The van der Waals surface area contributed by atoms with E-state index in [9.17, 15) is 13.2 Å². The average molecular weight is 241 g/mol. The molecule has 6 heteroatoms.